The quantitative estimate of drug-likeness (QED) is 0.400. The molecule has 0 aliphatic rings. The maximum absolute atomic E-state index is 10.4. The van der Waals surface area contributed by atoms with E-state index in [0.717, 1.165) is 31.6 Å². The summed E-state index contributed by atoms with van der Waals surface area (Å²) in [5.74, 6) is 1.30. The number of ether oxygens (including phenoxy) is 2. The van der Waals surface area contributed by atoms with Crippen LogP contribution in [-0.2, 0) is 26.6 Å². The Labute approximate surface area is 190 Å². The van der Waals surface area contributed by atoms with Crippen molar-refractivity contribution in [2.24, 2.45) is 7.05 Å². The lowest BCUT2D eigenvalue weighted by molar-refractivity contribution is 0.0732. The summed E-state index contributed by atoms with van der Waals surface area (Å²) < 4.78 is 13.2. The van der Waals surface area contributed by atoms with Gasteiger partial charge in [-0.2, -0.15) is 5.10 Å². The van der Waals surface area contributed by atoms with E-state index in [2.05, 4.69) is 27.4 Å². The molecule has 7 heteroatoms. The van der Waals surface area contributed by atoms with Gasteiger partial charge in [0.2, 0.25) is 0 Å². The molecule has 172 valence electrons. The molecule has 0 radical (unpaired) electrons. The van der Waals surface area contributed by atoms with Crippen LogP contribution in [0, 0.1) is 0 Å². The van der Waals surface area contributed by atoms with E-state index in [-0.39, 0.29) is 6.61 Å². The van der Waals surface area contributed by atoms with Crippen LogP contribution in [0.5, 0.6) is 11.5 Å². The maximum Gasteiger partial charge on any atom is 0.161 e. The Morgan fingerprint density at radius 3 is 2.62 bits per heavy atom. The largest absolute Gasteiger partial charge is 0.493 e. The fourth-order valence-electron chi connectivity index (χ4n) is 3.57. The molecular formula is C25H34N4O3. The summed E-state index contributed by atoms with van der Waals surface area (Å²) in [4.78, 5) is 2.09. The van der Waals surface area contributed by atoms with Gasteiger partial charge in [-0.3, -0.25) is 9.58 Å². The lowest BCUT2D eigenvalue weighted by Crippen LogP contribution is -2.32. The van der Waals surface area contributed by atoms with Crippen LogP contribution in [0.1, 0.15) is 16.7 Å². The van der Waals surface area contributed by atoms with Gasteiger partial charge in [-0.15, -0.1) is 0 Å². The Morgan fingerprint density at radius 1 is 1.09 bits per heavy atom. The molecule has 1 aromatic heterocycles. The number of aliphatic hydroxyl groups excluding tert-OH is 1. The molecule has 0 fully saturated rings. The maximum atomic E-state index is 10.4. The molecule has 32 heavy (non-hydrogen) atoms. The van der Waals surface area contributed by atoms with Gasteiger partial charge in [0.1, 0.15) is 12.7 Å². The second kappa shape index (κ2) is 12.2. The normalized spacial score (nSPS) is 12.2. The molecule has 7 nitrogen and oxygen atoms in total. The second-order valence-corrected chi connectivity index (χ2v) is 8.08. The number of benzene rings is 2. The fourth-order valence-corrected chi connectivity index (χ4v) is 3.57. The first-order valence-electron chi connectivity index (χ1n) is 10.9. The van der Waals surface area contributed by atoms with Crippen molar-refractivity contribution in [3.63, 3.8) is 0 Å². The van der Waals surface area contributed by atoms with Crippen LogP contribution in [0.25, 0.3) is 0 Å². The summed E-state index contributed by atoms with van der Waals surface area (Å²) in [6, 6.07) is 16.1. The van der Waals surface area contributed by atoms with Gasteiger partial charge in [0.25, 0.3) is 0 Å². The average molecular weight is 439 g/mol. The van der Waals surface area contributed by atoms with Crippen molar-refractivity contribution in [1.82, 2.24) is 20.0 Å². The van der Waals surface area contributed by atoms with E-state index in [1.807, 2.05) is 67.6 Å². The molecule has 0 aliphatic heterocycles. The number of aromatic nitrogens is 2. The summed E-state index contributed by atoms with van der Waals surface area (Å²) in [6.07, 6.45) is 4.25. The zero-order chi connectivity index (χ0) is 22.8. The zero-order valence-corrected chi connectivity index (χ0v) is 19.2. The average Bonchev–Trinajstić information content (AvgIpc) is 3.21. The van der Waals surface area contributed by atoms with Crippen molar-refractivity contribution >= 4 is 0 Å². The van der Waals surface area contributed by atoms with Crippen molar-refractivity contribution in [2.75, 3.05) is 33.9 Å². The third-order valence-corrected chi connectivity index (χ3v) is 5.15. The molecule has 0 saturated carbocycles. The SMILES string of the molecule is COc1ccc(CNCCc2cnn(C)c2)cc1OCC(O)CN(C)Cc1ccccc1. The molecule has 1 atom stereocenters. The van der Waals surface area contributed by atoms with E-state index in [4.69, 9.17) is 9.47 Å². The van der Waals surface area contributed by atoms with Gasteiger partial charge in [-0.25, -0.2) is 0 Å². The Hall–Kier alpha value is -2.87. The standard InChI is InChI=1S/C25H34N4O3/c1-28(16-20-7-5-4-6-8-20)18-23(30)19-32-25-13-21(9-10-24(25)31-3)14-26-12-11-22-15-27-29(2)17-22/h4-10,13,15,17,23,26,30H,11-12,14,16,18-19H2,1-3H3. The Morgan fingerprint density at radius 2 is 1.91 bits per heavy atom. The minimum atomic E-state index is -0.602. The highest BCUT2D eigenvalue weighted by atomic mass is 16.5. The van der Waals surface area contributed by atoms with Gasteiger partial charge >= 0.3 is 0 Å². The van der Waals surface area contributed by atoms with Crippen LogP contribution in [0.3, 0.4) is 0 Å². The minimum absolute atomic E-state index is 0.202. The number of rotatable bonds is 13. The first kappa shape index (κ1) is 23.8. The molecule has 1 unspecified atom stereocenters. The van der Waals surface area contributed by atoms with Crippen LogP contribution in [0.4, 0.5) is 0 Å². The second-order valence-electron chi connectivity index (χ2n) is 8.08. The van der Waals surface area contributed by atoms with E-state index in [1.165, 1.54) is 11.1 Å². The summed E-state index contributed by atoms with van der Waals surface area (Å²) in [7, 11) is 5.54. The number of likely N-dealkylation sites (N-methyl/N-ethyl adjacent to an activating group) is 1. The molecular weight excluding hydrogens is 404 g/mol. The van der Waals surface area contributed by atoms with Crippen LogP contribution in [0.2, 0.25) is 0 Å². The van der Waals surface area contributed by atoms with Crippen molar-refractivity contribution in [3.8, 4) is 11.5 Å². The third-order valence-electron chi connectivity index (χ3n) is 5.15. The predicted molar refractivity (Wildman–Crippen MR) is 126 cm³/mol. The number of nitrogens with zero attached hydrogens (tertiary/aromatic N) is 3. The van der Waals surface area contributed by atoms with E-state index in [9.17, 15) is 5.11 Å². The van der Waals surface area contributed by atoms with Gasteiger partial charge in [0, 0.05) is 32.9 Å². The zero-order valence-electron chi connectivity index (χ0n) is 19.2. The minimum Gasteiger partial charge on any atom is -0.493 e. The highest BCUT2D eigenvalue weighted by Crippen LogP contribution is 2.28. The number of aliphatic hydroxyl groups is 1. The lowest BCUT2D eigenvalue weighted by atomic mass is 10.2. The highest BCUT2D eigenvalue weighted by molar-refractivity contribution is 5.43. The lowest BCUT2D eigenvalue weighted by Gasteiger charge is -2.21. The van der Waals surface area contributed by atoms with Crippen LogP contribution < -0.4 is 14.8 Å². The summed E-state index contributed by atoms with van der Waals surface area (Å²) in [6.45, 7) is 3.09. The fraction of sp³-hybridized carbons (Fsp3) is 0.400. The van der Waals surface area contributed by atoms with Gasteiger partial charge < -0.3 is 19.9 Å². The number of methoxy groups -OCH3 is 1. The van der Waals surface area contributed by atoms with Crippen LogP contribution in [0.15, 0.2) is 60.9 Å². The van der Waals surface area contributed by atoms with Crippen molar-refractivity contribution in [1.29, 1.82) is 0 Å². The molecule has 0 spiro atoms. The predicted octanol–water partition coefficient (Wildman–Crippen LogP) is 2.63. The highest BCUT2D eigenvalue weighted by Gasteiger charge is 2.12. The number of nitrogens with one attached hydrogen (secondary N) is 1. The van der Waals surface area contributed by atoms with Crippen LogP contribution in [-0.4, -0.2) is 59.7 Å². The van der Waals surface area contributed by atoms with Gasteiger partial charge in [-0.05, 0) is 48.8 Å². The summed E-state index contributed by atoms with van der Waals surface area (Å²) in [5.41, 5.74) is 3.53. The number of hydrogen-bond donors (Lipinski definition) is 2. The topological polar surface area (TPSA) is 71.8 Å². The van der Waals surface area contributed by atoms with Crippen LogP contribution >= 0.6 is 0 Å². The monoisotopic (exact) mass is 438 g/mol. The molecule has 0 aliphatic carbocycles. The van der Waals surface area contributed by atoms with Gasteiger partial charge in [-0.1, -0.05) is 36.4 Å². The van der Waals surface area contributed by atoms with E-state index in [0.29, 0.717) is 18.0 Å². The molecule has 3 aromatic rings. The Kier molecular flexibility index (Phi) is 9.10. The van der Waals surface area contributed by atoms with E-state index < -0.39 is 6.10 Å². The molecule has 2 aromatic carbocycles. The first-order valence-corrected chi connectivity index (χ1v) is 10.9. The molecule has 1 heterocycles. The summed E-state index contributed by atoms with van der Waals surface area (Å²) >= 11 is 0. The van der Waals surface area contributed by atoms with Gasteiger partial charge in [0.05, 0.1) is 13.3 Å². The summed E-state index contributed by atoms with van der Waals surface area (Å²) in [5, 5.41) is 18.1. The molecule has 0 amide bonds. The smallest absolute Gasteiger partial charge is 0.161 e. The molecule has 3 rings (SSSR count). The molecule has 2 N–H and O–H groups in total. The first-order chi connectivity index (χ1) is 15.5. The Bertz CT molecular complexity index is 945. The molecule has 0 bridgehead atoms. The third kappa shape index (κ3) is 7.67. The molecule has 0 saturated heterocycles. The number of aryl methyl sites for hydroxylation is 1. The van der Waals surface area contributed by atoms with Crippen molar-refractivity contribution in [3.05, 3.63) is 77.6 Å². The Balaban J connectivity index is 1.45. The van der Waals surface area contributed by atoms with Crippen molar-refractivity contribution in [2.45, 2.75) is 25.6 Å². The van der Waals surface area contributed by atoms with E-state index >= 15 is 0 Å². The van der Waals surface area contributed by atoms with E-state index in [1.54, 1.807) is 7.11 Å². The number of hydrogen-bond acceptors (Lipinski definition) is 6. The van der Waals surface area contributed by atoms with Crippen molar-refractivity contribution < 1.29 is 14.6 Å². The van der Waals surface area contributed by atoms with Gasteiger partial charge in [0.15, 0.2) is 11.5 Å².